The lowest BCUT2D eigenvalue weighted by molar-refractivity contribution is -0.135. The number of carbonyl (C=O) groups excluding carboxylic acids is 3. The number of ether oxygens (including phenoxy) is 4. The molecule has 21 heteroatoms. The molecule has 3 unspecified atom stereocenters. The van der Waals surface area contributed by atoms with Crippen molar-refractivity contribution in [3.63, 3.8) is 0 Å². The van der Waals surface area contributed by atoms with Crippen LogP contribution in [0.1, 0.15) is 109 Å². The number of piperazine rings is 1. The third-order valence-electron chi connectivity index (χ3n) is 19.8. The smallest absolute Gasteiger partial charge is 0.410 e. The highest BCUT2D eigenvalue weighted by Crippen LogP contribution is 2.49. The van der Waals surface area contributed by atoms with E-state index in [9.17, 15) is 19.2 Å². The minimum Gasteiger partial charge on any atom is -0.468 e. The number of anilines is 2. The molecular weight excluding hydrogens is 1100 g/mol. The van der Waals surface area contributed by atoms with Crippen LogP contribution in [-0.2, 0) is 26.1 Å². The van der Waals surface area contributed by atoms with Crippen LogP contribution in [0.3, 0.4) is 0 Å². The Morgan fingerprint density at radius 1 is 0.837 bits per heavy atom. The number of nitrogens with zero attached hydrogens (tertiary/aromatic N) is 10. The number of methoxy groups -OCH3 is 1. The van der Waals surface area contributed by atoms with E-state index >= 15 is 8.78 Å². The Kier molecular flexibility index (Phi) is 15.2. The Hall–Kier alpha value is -7.41. The van der Waals surface area contributed by atoms with Crippen LogP contribution in [-0.4, -0.2) is 160 Å². The summed E-state index contributed by atoms with van der Waals surface area (Å²) in [6.07, 6.45) is 18.2. The Labute approximate surface area is 499 Å². The number of carbonyl (C=O) groups is 3. The monoisotopic (exact) mass is 1180 g/mol. The number of imide groups is 1. The van der Waals surface area contributed by atoms with Gasteiger partial charge in [-0.2, -0.15) is 9.97 Å². The number of fused-ring (bicyclic) bond motifs is 5. The molecule has 1 spiro atoms. The maximum Gasteiger partial charge on any atom is 0.410 e. The molecule has 7 aliphatic rings. The van der Waals surface area contributed by atoms with Gasteiger partial charge < -0.3 is 38.5 Å². The Balaban J connectivity index is 0.658. The third kappa shape index (κ3) is 11.1. The number of pyridine rings is 1. The summed E-state index contributed by atoms with van der Waals surface area (Å²) in [7, 11) is 3.24. The number of aromatic nitrogens is 5. The molecule has 86 heavy (non-hydrogen) atoms. The largest absolute Gasteiger partial charge is 0.468 e. The van der Waals surface area contributed by atoms with Crippen LogP contribution < -0.4 is 30.3 Å². The third-order valence-corrected chi connectivity index (χ3v) is 19.8. The molecule has 19 nitrogen and oxygen atoms in total. The topological polar surface area (TPSA) is 182 Å². The van der Waals surface area contributed by atoms with Gasteiger partial charge in [-0.25, -0.2) is 18.4 Å². The van der Waals surface area contributed by atoms with Gasteiger partial charge in [-0.15, -0.1) is 6.42 Å². The van der Waals surface area contributed by atoms with Gasteiger partial charge in [-0.3, -0.25) is 33.9 Å². The molecule has 1 N–H and O–H groups in total. The Bertz CT molecular complexity index is 3740. The van der Waals surface area contributed by atoms with Gasteiger partial charge in [0, 0.05) is 88.1 Å². The number of aryl methyl sites for hydroxylation is 1. The van der Waals surface area contributed by atoms with Gasteiger partial charge in [0.25, 0.3) is 0 Å². The predicted octanol–water partition coefficient (Wildman–Crippen LogP) is 8.56. The fourth-order valence-corrected chi connectivity index (χ4v) is 14.8. The molecule has 3 atom stereocenters. The maximum atomic E-state index is 17.7. The summed E-state index contributed by atoms with van der Waals surface area (Å²) in [5.74, 6) is 1.82. The van der Waals surface area contributed by atoms with E-state index in [0.717, 1.165) is 102 Å². The molecule has 1 aliphatic carbocycles. The van der Waals surface area contributed by atoms with E-state index in [0.29, 0.717) is 70.7 Å². The second-order valence-corrected chi connectivity index (χ2v) is 26.5. The van der Waals surface area contributed by atoms with Crippen molar-refractivity contribution in [3.8, 4) is 35.4 Å². The number of likely N-dealkylation sites (tertiary alicyclic amines) is 2. The van der Waals surface area contributed by atoms with Crippen LogP contribution in [0.2, 0.25) is 0 Å². The Morgan fingerprint density at radius 3 is 2.23 bits per heavy atom. The first kappa shape index (κ1) is 57.7. The summed E-state index contributed by atoms with van der Waals surface area (Å²) >= 11 is 0. The van der Waals surface area contributed by atoms with E-state index in [4.69, 9.17) is 40.3 Å². The van der Waals surface area contributed by atoms with Crippen molar-refractivity contribution in [2.75, 3.05) is 95.8 Å². The molecule has 3 amide bonds. The van der Waals surface area contributed by atoms with Gasteiger partial charge >= 0.3 is 17.8 Å². The molecule has 3 aromatic heterocycles. The van der Waals surface area contributed by atoms with Crippen molar-refractivity contribution in [2.45, 2.75) is 122 Å². The average Bonchev–Trinajstić information content (AvgIpc) is 1.95. The van der Waals surface area contributed by atoms with Crippen molar-refractivity contribution in [3.05, 3.63) is 76.3 Å². The number of amides is 3. The molecule has 9 heterocycles. The number of nitrogens with one attached hydrogen (secondary N) is 1. The number of halogens is 2. The summed E-state index contributed by atoms with van der Waals surface area (Å²) < 4.78 is 59.8. The van der Waals surface area contributed by atoms with E-state index in [-0.39, 0.29) is 76.8 Å². The van der Waals surface area contributed by atoms with Gasteiger partial charge in [0.1, 0.15) is 40.2 Å². The van der Waals surface area contributed by atoms with Gasteiger partial charge in [0.05, 0.1) is 40.7 Å². The molecule has 2 bridgehead atoms. The predicted molar refractivity (Wildman–Crippen MR) is 322 cm³/mol. The molecule has 1 saturated carbocycles. The summed E-state index contributed by atoms with van der Waals surface area (Å²) in [4.78, 5) is 77.7. The van der Waals surface area contributed by atoms with Crippen molar-refractivity contribution >= 4 is 62.1 Å². The summed E-state index contributed by atoms with van der Waals surface area (Å²) in [5.41, 5.74) is 2.04. The van der Waals surface area contributed by atoms with Crippen LogP contribution in [0, 0.1) is 40.7 Å². The van der Waals surface area contributed by atoms with E-state index in [1.807, 2.05) is 31.7 Å². The van der Waals surface area contributed by atoms with Crippen LogP contribution >= 0.6 is 0 Å². The van der Waals surface area contributed by atoms with Gasteiger partial charge in [-0.1, -0.05) is 12.0 Å². The molecule has 7 fully saturated rings. The molecule has 454 valence electrons. The SMILES string of the molecule is C#Cc1c(F)ccc2cc(OCOC)cc(-c3ncc4c(N5CC6CCC(C5)N6C(=O)OC(C)(C)C)nc(OCC5(CN6CCC7(CCN(CC8CCN(c9ccc%10c(c9)n(C)c(=O)n%10C9CCC(=O)NC9=O)CC8)CC7)CC6)CC5)nc4c3F)c12. The number of hydrogen-bond acceptors (Lipinski definition) is 15. The molecule has 6 aliphatic heterocycles. The summed E-state index contributed by atoms with van der Waals surface area (Å²) in [6.45, 7) is 15.0. The Morgan fingerprint density at radius 2 is 1.56 bits per heavy atom. The van der Waals surface area contributed by atoms with E-state index in [1.54, 1.807) is 36.0 Å². The van der Waals surface area contributed by atoms with Crippen molar-refractivity contribution < 1.29 is 42.1 Å². The summed E-state index contributed by atoms with van der Waals surface area (Å²) in [6, 6.07) is 11.3. The fraction of sp³-hybridized carbons (Fsp3) is 0.554. The minimum atomic E-state index is -0.746. The number of hydrogen-bond donors (Lipinski definition) is 1. The highest BCUT2D eigenvalue weighted by Gasteiger charge is 2.48. The van der Waals surface area contributed by atoms with E-state index in [2.05, 4.69) is 43.0 Å². The first-order chi connectivity index (χ1) is 41.4. The number of terminal acetylenes is 1. The number of imidazole rings is 1. The molecule has 6 aromatic rings. The van der Waals surface area contributed by atoms with Crippen LogP contribution in [0.25, 0.3) is 44.0 Å². The second-order valence-electron chi connectivity index (χ2n) is 26.5. The van der Waals surface area contributed by atoms with Crippen LogP contribution in [0.15, 0.2) is 53.5 Å². The van der Waals surface area contributed by atoms with Crippen molar-refractivity contribution in [2.24, 2.45) is 23.8 Å². The first-order valence-corrected chi connectivity index (χ1v) is 30.7. The van der Waals surface area contributed by atoms with Crippen LogP contribution in [0.4, 0.5) is 25.1 Å². The van der Waals surface area contributed by atoms with Crippen molar-refractivity contribution in [1.82, 2.24) is 44.1 Å². The molecule has 3 aromatic carbocycles. The van der Waals surface area contributed by atoms with Gasteiger partial charge in [-0.05, 0) is 171 Å². The quantitative estimate of drug-likeness (QED) is 0.0622. The normalized spacial score (nSPS) is 22.7. The maximum absolute atomic E-state index is 17.7. The van der Waals surface area contributed by atoms with Crippen LogP contribution in [0.5, 0.6) is 11.8 Å². The molecule has 13 rings (SSSR count). The highest BCUT2D eigenvalue weighted by atomic mass is 19.1. The zero-order valence-electron chi connectivity index (χ0n) is 50.0. The number of piperidine rings is 4. The van der Waals surface area contributed by atoms with Crippen molar-refractivity contribution in [1.29, 1.82) is 0 Å². The summed E-state index contributed by atoms with van der Waals surface area (Å²) in [5, 5.41) is 3.62. The number of benzene rings is 3. The second kappa shape index (κ2) is 22.7. The van der Waals surface area contributed by atoms with E-state index in [1.165, 1.54) is 43.4 Å². The van der Waals surface area contributed by atoms with Gasteiger partial charge in [0.15, 0.2) is 12.6 Å². The lowest BCUT2D eigenvalue weighted by Gasteiger charge is -2.48. The van der Waals surface area contributed by atoms with Gasteiger partial charge in [0.2, 0.25) is 11.8 Å². The molecule has 0 radical (unpaired) electrons. The highest BCUT2D eigenvalue weighted by molar-refractivity contribution is 6.03. The first-order valence-electron chi connectivity index (χ1n) is 30.7. The zero-order chi connectivity index (χ0) is 59.8. The zero-order valence-corrected chi connectivity index (χ0v) is 50.0. The lowest BCUT2D eigenvalue weighted by atomic mass is 9.71. The average molecular weight is 1180 g/mol. The standard InChI is InChI=1S/C65H77F2N11O8/c1-7-46-49(66)12-8-41-30-45(85-39-83-6)32-47(54(41)46)56-55(67)57-48(33-68-56)58(76-35-43-9-10-44(36-76)77(43)62(82)86-63(2,3)4)71-60(70-57)84-38-65(18-19-65)37-74-28-22-64(23-29-74)20-26-73(27-21-64)34-40-16-24-75(25-17-40)42-11-13-50-52(31-42)72(5)61(81)78(50)51-14-15-53(79)69-59(51)80/h1,8,11-13,30-33,40,43-44,51H,9-10,14-29,34-39H2,2-6H3,(H,69,79,80). The molecule has 6 saturated heterocycles. The van der Waals surface area contributed by atoms with E-state index < -0.39 is 29.2 Å². The minimum absolute atomic E-state index is 0.00186. The fourth-order valence-electron chi connectivity index (χ4n) is 14.8. The number of rotatable bonds is 14. The lowest BCUT2D eigenvalue weighted by Crippen LogP contribution is -2.57. The molecular formula is C65H77F2N11O8.